The highest BCUT2D eigenvalue weighted by Gasteiger charge is 2.33. The van der Waals surface area contributed by atoms with E-state index in [0.717, 1.165) is 4.47 Å². The van der Waals surface area contributed by atoms with Crippen LogP contribution in [0.2, 0.25) is 0 Å². The van der Waals surface area contributed by atoms with Crippen molar-refractivity contribution in [3.63, 3.8) is 0 Å². The number of nitrogens with one attached hydrogen (secondary N) is 1. The van der Waals surface area contributed by atoms with Gasteiger partial charge in [-0.3, -0.25) is 9.59 Å². The molecule has 0 saturated carbocycles. The minimum Gasteiger partial charge on any atom is -0.343 e. The van der Waals surface area contributed by atoms with Crippen LogP contribution in [0.15, 0.2) is 22.7 Å². The van der Waals surface area contributed by atoms with E-state index >= 15 is 0 Å². The molecule has 1 aromatic carbocycles. The Bertz CT molecular complexity index is 563. The van der Waals surface area contributed by atoms with Crippen molar-refractivity contribution in [2.45, 2.75) is 32.9 Å². The number of halogens is 2. The molecule has 114 valence electrons. The summed E-state index contributed by atoms with van der Waals surface area (Å²) in [5.41, 5.74) is 0.399. The number of benzene rings is 1. The fourth-order valence-electron chi connectivity index (χ4n) is 2.41. The molecule has 1 unspecified atom stereocenters. The molecular weight excluding hydrogens is 339 g/mol. The van der Waals surface area contributed by atoms with Gasteiger partial charge in [-0.05, 0) is 30.5 Å². The molecule has 4 nitrogen and oxygen atoms in total. The first-order valence-electron chi connectivity index (χ1n) is 6.89. The molecule has 0 radical (unpaired) electrons. The fourth-order valence-corrected chi connectivity index (χ4v) is 2.82. The number of hydrogen-bond acceptors (Lipinski definition) is 2. The molecule has 1 aliphatic heterocycles. The molecular formula is C15H18BrFN2O2. The molecule has 1 saturated heterocycles. The summed E-state index contributed by atoms with van der Waals surface area (Å²) in [5, 5.41) is 2.71. The van der Waals surface area contributed by atoms with E-state index in [-0.39, 0.29) is 30.7 Å². The largest absolute Gasteiger partial charge is 0.343 e. The molecule has 6 heteroatoms. The van der Waals surface area contributed by atoms with Gasteiger partial charge in [0.15, 0.2) is 0 Å². The van der Waals surface area contributed by atoms with Crippen molar-refractivity contribution in [3.8, 4) is 0 Å². The lowest BCUT2D eigenvalue weighted by Crippen LogP contribution is -2.57. The molecule has 1 heterocycles. The van der Waals surface area contributed by atoms with Gasteiger partial charge in [-0.25, -0.2) is 4.39 Å². The zero-order chi connectivity index (χ0) is 15.6. The van der Waals surface area contributed by atoms with Gasteiger partial charge in [0.25, 0.3) is 0 Å². The molecule has 1 N–H and O–H groups in total. The smallest absolute Gasteiger partial charge is 0.245 e. The first-order chi connectivity index (χ1) is 9.86. The molecule has 2 amide bonds. The molecule has 1 aromatic rings. The molecule has 0 aliphatic carbocycles. The number of hydrogen-bond donors (Lipinski definition) is 1. The van der Waals surface area contributed by atoms with Crippen molar-refractivity contribution in [3.05, 3.63) is 34.1 Å². The van der Waals surface area contributed by atoms with Crippen LogP contribution in [0.4, 0.5) is 4.39 Å². The van der Waals surface area contributed by atoms with Gasteiger partial charge in [-0.15, -0.1) is 0 Å². The molecule has 1 atom stereocenters. The number of piperazine rings is 1. The molecule has 0 bridgehead atoms. The monoisotopic (exact) mass is 356 g/mol. The highest BCUT2D eigenvalue weighted by molar-refractivity contribution is 9.10. The summed E-state index contributed by atoms with van der Waals surface area (Å²) in [6.45, 7) is 4.06. The van der Waals surface area contributed by atoms with Crippen molar-refractivity contribution in [2.24, 2.45) is 5.92 Å². The molecule has 0 spiro atoms. The van der Waals surface area contributed by atoms with Crippen LogP contribution in [0, 0.1) is 11.7 Å². The van der Waals surface area contributed by atoms with E-state index in [1.807, 2.05) is 13.8 Å². The molecule has 21 heavy (non-hydrogen) atoms. The van der Waals surface area contributed by atoms with Crippen LogP contribution in [-0.4, -0.2) is 29.3 Å². The Labute approximate surface area is 131 Å². The Morgan fingerprint density at radius 3 is 2.81 bits per heavy atom. The van der Waals surface area contributed by atoms with Crippen LogP contribution in [0.5, 0.6) is 0 Å². The SMILES string of the molecule is CC(C)CC1NC(=O)CN(Cc2cc(Br)ccc2F)C1=O. The molecule has 1 aliphatic rings. The highest BCUT2D eigenvalue weighted by Crippen LogP contribution is 2.19. The van der Waals surface area contributed by atoms with Crippen LogP contribution in [0.25, 0.3) is 0 Å². The van der Waals surface area contributed by atoms with E-state index < -0.39 is 6.04 Å². The van der Waals surface area contributed by atoms with Crippen molar-refractivity contribution in [1.82, 2.24) is 10.2 Å². The number of amides is 2. The fraction of sp³-hybridized carbons (Fsp3) is 0.467. The average molecular weight is 357 g/mol. The van der Waals surface area contributed by atoms with Crippen LogP contribution >= 0.6 is 15.9 Å². The Morgan fingerprint density at radius 1 is 1.43 bits per heavy atom. The summed E-state index contributed by atoms with van der Waals surface area (Å²) in [6, 6.07) is 4.07. The number of rotatable bonds is 4. The Balaban J connectivity index is 2.16. The number of nitrogens with zero attached hydrogens (tertiary/aromatic N) is 1. The standard InChI is InChI=1S/C15H18BrFN2O2/c1-9(2)5-13-15(21)19(8-14(20)18-13)7-10-6-11(16)3-4-12(10)17/h3-4,6,9,13H,5,7-8H2,1-2H3,(H,18,20). The quantitative estimate of drug-likeness (QED) is 0.900. The van der Waals surface area contributed by atoms with E-state index in [2.05, 4.69) is 21.2 Å². The minimum atomic E-state index is -0.513. The van der Waals surface area contributed by atoms with Gasteiger partial charge in [-0.1, -0.05) is 29.8 Å². The molecule has 0 aromatic heterocycles. The first-order valence-corrected chi connectivity index (χ1v) is 7.68. The van der Waals surface area contributed by atoms with Crippen molar-refractivity contribution in [1.29, 1.82) is 0 Å². The summed E-state index contributed by atoms with van der Waals surface area (Å²) >= 11 is 3.28. The van der Waals surface area contributed by atoms with Gasteiger partial charge in [0.1, 0.15) is 11.9 Å². The van der Waals surface area contributed by atoms with E-state index in [1.54, 1.807) is 12.1 Å². The molecule has 2 rings (SSSR count). The van der Waals surface area contributed by atoms with Crippen LogP contribution in [-0.2, 0) is 16.1 Å². The third-order valence-corrected chi connectivity index (χ3v) is 3.85. The van der Waals surface area contributed by atoms with E-state index in [1.165, 1.54) is 11.0 Å². The maximum atomic E-state index is 13.8. The van der Waals surface area contributed by atoms with Crippen molar-refractivity contribution < 1.29 is 14.0 Å². The summed E-state index contributed by atoms with van der Waals surface area (Å²) in [7, 11) is 0. The summed E-state index contributed by atoms with van der Waals surface area (Å²) < 4.78 is 14.5. The van der Waals surface area contributed by atoms with Crippen molar-refractivity contribution >= 4 is 27.7 Å². The third kappa shape index (κ3) is 4.03. The second kappa shape index (κ2) is 6.56. The highest BCUT2D eigenvalue weighted by atomic mass is 79.9. The zero-order valence-corrected chi connectivity index (χ0v) is 13.6. The molecule has 1 fully saturated rings. The van der Waals surface area contributed by atoms with Gasteiger partial charge in [-0.2, -0.15) is 0 Å². The predicted octanol–water partition coefficient (Wildman–Crippen LogP) is 2.46. The average Bonchev–Trinajstić information content (AvgIpc) is 2.38. The predicted molar refractivity (Wildman–Crippen MR) is 80.9 cm³/mol. The van der Waals surface area contributed by atoms with E-state index in [4.69, 9.17) is 0 Å². The van der Waals surface area contributed by atoms with Gasteiger partial charge >= 0.3 is 0 Å². The van der Waals surface area contributed by atoms with Crippen molar-refractivity contribution in [2.75, 3.05) is 6.54 Å². The first kappa shape index (κ1) is 15.9. The Hall–Kier alpha value is -1.43. The second-order valence-electron chi connectivity index (χ2n) is 5.68. The maximum Gasteiger partial charge on any atom is 0.245 e. The van der Waals surface area contributed by atoms with Gasteiger partial charge in [0.05, 0.1) is 6.54 Å². The van der Waals surface area contributed by atoms with Crippen LogP contribution < -0.4 is 5.32 Å². The zero-order valence-electron chi connectivity index (χ0n) is 12.0. The second-order valence-corrected chi connectivity index (χ2v) is 6.60. The van der Waals surface area contributed by atoms with Gasteiger partial charge < -0.3 is 10.2 Å². The summed E-state index contributed by atoms with van der Waals surface area (Å²) in [5.74, 6) is -0.433. The Kier molecular flexibility index (Phi) is 4.98. The Morgan fingerprint density at radius 2 is 2.14 bits per heavy atom. The minimum absolute atomic E-state index is 0.0284. The lowest BCUT2D eigenvalue weighted by Gasteiger charge is -2.33. The topological polar surface area (TPSA) is 49.4 Å². The summed E-state index contributed by atoms with van der Waals surface area (Å²) in [6.07, 6.45) is 0.585. The van der Waals surface area contributed by atoms with E-state index in [9.17, 15) is 14.0 Å². The lowest BCUT2D eigenvalue weighted by atomic mass is 10.0. The number of carbonyl (C=O) groups is 2. The normalized spacial score (nSPS) is 19.1. The lowest BCUT2D eigenvalue weighted by molar-refractivity contribution is -0.145. The van der Waals surface area contributed by atoms with E-state index in [0.29, 0.717) is 17.9 Å². The number of carbonyl (C=O) groups excluding carboxylic acids is 2. The maximum absolute atomic E-state index is 13.8. The summed E-state index contributed by atoms with van der Waals surface area (Å²) in [4.78, 5) is 25.5. The van der Waals surface area contributed by atoms with Crippen LogP contribution in [0.3, 0.4) is 0 Å². The third-order valence-electron chi connectivity index (χ3n) is 3.36. The van der Waals surface area contributed by atoms with Gasteiger partial charge in [0.2, 0.25) is 11.8 Å². The van der Waals surface area contributed by atoms with Gasteiger partial charge in [0, 0.05) is 16.6 Å². The van der Waals surface area contributed by atoms with Crippen LogP contribution in [0.1, 0.15) is 25.8 Å².